The van der Waals surface area contributed by atoms with Gasteiger partial charge in [0.05, 0.1) is 4.21 Å². The third-order valence-electron chi connectivity index (χ3n) is 5.16. The Labute approximate surface area is 168 Å². The maximum Gasteiger partial charge on any atom is 0.289 e. The number of thioether (sulfide) groups is 1. The number of likely N-dealkylation sites (tertiary alicyclic amines) is 1. The van der Waals surface area contributed by atoms with Crippen molar-refractivity contribution in [3.05, 3.63) is 53.1 Å². The van der Waals surface area contributed by atoms with Crippen LogP contribution in [0.1, 0.15) is 29.0 Å². The van der Waals surface area contributed by atoms with Gasteiger partial charge in [-0.2, -0.15) is 0 Å². The second-order valence-electron chi connectivity index (χ2n) is 7.14. The highest BCUT2D eigenvalue weighted by molar-refractivity contribution is 8.00. The van der Waals surface area contributed by atoms with Crippen molar-refractivity contribution >= 4 is 40.0 Å². The molecule has 0 spiro atoms. The largest absolute Gasteiger partial charge is 0.451 e. The van der Waals surface area contributed by atoms with E-state index in [2.05, 4.69) is 42.6 Å². The van der Waals surface area contributed by atoms with Gasteiger partial charge in [0.2, 0.25) is 0 Å². The number of carbonyl (C=O) groups is 1. The number of hydrogen-bond acceptors (Lipinski definition) is 5. The second kappa shape index (κ2) is 8.09. The molecule has 1 saturated heterocycles. The summed E-state index contributed by atoms with van der Waals surface area (Å²) in [5.41, 5.74) is 1.81. The van der Waals surface area contributed by atoms with Gasteiger partial charge >= 0.3 is 0 Å². The molecular weight excluding hydrogens is 376 g/mol. The monoisotopic (exact) mass is 400 g/mol. The maximum absolute atomic E-state index is 13.3. The van der Waals surface area contributed by atoms with E-state index in [0.717, 1.165) is 48.2 Å². The molecule has 27 heavy (non-hydrogen) atoms. The van der Waals surface area contributed by atoms with Gasteiger partial charge < -0.3 is 14.2 Å². The number of likely N-dealkylation sites (N-methyl/N-ethyl adjacent to an activating group) is 1. The van der Waals surface area contributed by atoms with Crippen molar-refractivity contribution in [2.75, 3.05) is 27.2 Å². The summed E-state index contributed by atoms with van der Waals surface area (Å²) >= 11 is 3.49. The Balaban J connectivity index is 1.63. The number of piperidine rings is 1. The van der Waals surface area contributed by atoms with Gasteiger partial charge in [-0.1, -0.05) is 24.3 Å². The molecule has 3 aromatic rings. The fraction of sp³-hybridized carbons (Fsp3) is 0.381. The fourth-order valence-corrected chi connectivity index (χ4v) is 5.42. The molecule has 142 valence electrons. The molecule has 6 heteroatoms. The average Bonchev–Trinajstić information content (AvgIpc) is 3.33. The van der Waals surface area contributed by atoms with Crippen molar-refractivity contribution in [1.29, 1.82) is 0 Å². The quantitative estimate of drug-likeness (QED) is 0.568. The molecule has 1 atom stereocenters. The molecule has 1 unspecified atom stereocenters. The number of benzene rings is 1. The van der Waals surface area contributed by atoms with E-state index in [0.29, 0.717) is 11.8 Å². The lowest BCUT2D eigenvalue weighted by molar-refractivity contribution is 0.0605. The van der Waals surface area contributed by atoms with E-state index >= 15 is 0 Å². The van der Waals surface area contributed by atoms with Gasteiger partial charge in [-0.3, -0.25) is 4.79 Å². The van der Waals surface area contributed by atoms with E-state index in [-0.39, 0.29) is 5.91 Å². The topological polar surface area (TPSA) is 36.7 Å². The molecule has 3 heterocycles. The van der Waals surface area contributed by atoms with Crippen LogP contribution in [0.4, 0.5) is 0 Å². The summed E-state index contributed by atoms with van der Waals surface area (Å²) in [5.74, 6) is 1.28. The minimum atomic E-state index is 0.0273. The zero-order valence-corrected chi connectivity index (χ0v) is 17.3. The first-order chi connectivity index (χ1) is 13.1. The molecular formula is C21H24N2O2S2. The molecule has 0 radical (unpaired) electrons. The van der Waals surface area contributed by atoms with Crippen molar-refractivity contribution < 1.29 is 9.21 Å². The third kappa shape index (κ3) is 3.93. The normalized spacial score (nSPS) is 17.7. The number of rotatable bonds is 5. The van der Waals surface area contributed by atoms with Crippen LogP contribution in [0.25, 0.3) is 11.0 Å². The summed E-state index contributed by atoms with van der Waals surface area (Å²) in [5, 5.41) is 3.13. The molecule has 0 N–H and O–H groups in total. The van der Waals surface area contributed by atoms with Gasteiger partial charge in [0.25, 0.3) is 5.91 Å². The first-order valence-corrected chi connectivity index (χ1v) is 11.1. The summed E-state index contributed by atoms with van der Waals surface area (Å²) in [6.07, 6.45) is 2.17. The fourth-order valence-electron chi connectivity index (χ4n) is 3.61. The highest BCUT2D eigenvalue weighted by Gasteiger charge is 2.30. The Morgan fingerprint density at radius 2 is 2.15 bits per heavy atom. The summed E-state index contributed by atoms with van der Waals surface area (Å²) in [7, 11) is 4.17. The van der Waals surface area contributed by atoms with Gasteiger partial charge in [0, 0.05) is 35.8 Å². The Bertz CT molecular complexity index is 918. The predicted molar refractivity (Wildman–Crippen MR) is 113 cm³/mol. The molecule has 0 bridgehead atoms. The predicted octanol–water partition coefficient (Wildman–Crippen LogP) is 4.95. The average molecular weight is 401 g/mol. The molecule has 0 saturated carbocycles. The van der Waals surface area contributed by atoms with Crippen molar-refractivity contribution in [3.63, 3.8) is 0 Å². The Hall–Kier alpha value is -1.76. The molecule has 1 amide bonds. The van der Waals surface area contributed by atoms with Crippen LogP contribution >= 0.6 is 23.1 Å². The minimum absolute atomic E-state index is 0.0273. The Morgan fingerprint density at radius 3 is 2.93 bits per heavy atom. The van der Waals surface area contributed by atoms with Crippen molar-refractivity contribution in [1.82, 2.24) is 9.80 Å². The van der Waals surface area contributed by atoms with Crippen LogP contribution in [0, 0.1) is 0 Å². The number of para-hydroxylation sites is 1. The summed E-state index contributed by atoms with van der Waals surface area (Å²) < 4.78 is 7.32. The standard InChI is InChI=1S/C21H24N2O2S2/c1-22(2)15-7-5-11-23(13-15)21(24)20-17(14-27-19-10-6-12-26-19)16-8-3-4-9-18(16)25-20/h3-4,6,8-10,12,15H,5,7,11,13-14H2,1-2H3. The molecule has 1 aromatic carbocycles. The van der Waals surface area contributed by atoms with Crippen LogP contribution in [-0.4, -0.2) is 48.9 Å². The lowest BCUT2D eigenvalue weighted by atomic mass is 10.0. The van der Waals surface area contributed by atoms with Crippen LogP contribution in [0.5, 0.6) is 0 Å². The molecule has 4 rings (SSSR count). The summed E-state index contributed by atoms with van der Waals surface area (Å²) in [6.45, 7) is 1.57. The number of carbonyl (C=O) groups excluding carboxylic acids is 1. The van der Waals surface area contributed by atoms with Crippen molar-refractivity contribution in [3.8, 4) is 0 Å². The zero-order chi connectivity index (χ0) is 18.8. The number of thiophene rings is 1. The van der Waals surface area contributed by atoms with Crippen LogP contribution in [0.3, 0.4) is 0 Å². The number of nitrogens with zero attached hydrogens (tertiary/aromatic N) is 2. The van der Waals surface area contributed by atoms with Gasteiger partial charge in [0.15, 0.2) is 5.76 Å². The van der Waals surface area contributed by atoms with Gasteiger partial charge in [-0.15, -0.1) is 23.1 Å². The number of fused-ring (bicyclic) bond motifs is 1. The highest BCUT2D eigenvalue weighted by Crippen LogP contribution is 2.34. The van der Waals surface area contributed by atoms with E-state index in [1.165, 1.54) is 4.21 Å². The lowest BCUT2D eigenvalue weighted by Gasteiger charge is -2.35. The molecule has 0 aliphatic carbocycles. The van der Waals surface area contributed by atoms with Crippen LogP contribution in [0.15, 0.2) is 50.4 Å². The molecule has 4 nitrogen and oxygen atoms in total. The van der Waals surface area contributed by atoms with E-state index in [9.17, 15) is 4.79 Å². The Kier molecular flexibility index (Phi) is 5.57. The highest BCUT2D eigenvalue weighted by atomic mass is 32.2. The Morgan fingerprint density at radius 1 is 1.30 bits per heavy atom. The van der Waals surface area contributed by atoms with Gasteiger partial charge in [-0.05, 0) is 44.4 Å². The first-order valence-electron chi connectivity index (χ1n) is 9.26. The van der Waals surface area contributed by atoms with Crippen LogP contribution in [0.2, 0.25) is 0 Å². The SMILES string of the molecule is CN(C)C1CCCN(C(=O)c2oc3ccccc3c2CSc2cccs2)C1. The van der Waals surface area contributed by atoms with E-state index in [1.54, 1.807) is 23.1 Å². The number of furan rings is 1. The van der Waals surface area contributed by atoms with Crippen molar-refractivity contribution in [2.45, 2.75) is 28.8 Å². The molecule has 1 aliphatic heterocycles. The summed E-state index contributed by atoms with van der Waals surface area (Å²) in [6, 6.07) is 12.6. The molecule has 1 fully saturated rings. The number of amides is 1. The third-order valence-corrected chi connectivity index (χ3v) is 7.32. The maximum atomic E-state index is 13.3. The van der Waals surface area contributed by atoms with E-state index < -0.39 is 0 Å². The zero-order valence-electron chi connectivity index (χ0n) is 15.7. The van der Waals surface area contributed by atoms with Crippen LogP contribution in [-0.2, 0) is 5.75 Å². The number of hydrogen-bond donors (Lipinski definition) is 0. The first kappa shape index (κ1) is 18.6. The van der Waals surface area contributed by atoms with E-state index in [4.69, 9.17) is 4.42 Å². The van der Waals surface area contributed by atoms with Crippen molar-refractivity contribution in [2.24, 2.45) is 0 Å². The lowest BCUT2D eigenvalue weighted by Crippen LogP contribution is -2.47. The van der Waals surface area contributed by atoms with Gasteiger partial charge in [0.1, 0.15) is 5.58 Å². The minimum Gasteiger partial charge on any atom is -0.451 e. The second-order valence-corrected chi connectivity index (χ2v) is 9.36. The van der Waals surface area contributed by atoms with Crippen LogP contribution < -0.4 is 0 Å². The molecule has 2 aromatic heterocycles. The van der Waals surface area contributed by atoms with Gasteiger partial charge in [-0.25, -0.2) is 0 Å². The molecule has 1 aliphatic rings. The summed E-state index contributed by atoms with van der Waals surface area (Å²) in [4.78, 5) is 17.5. The smallest absolute Gasteiger partial charge is 0.289 e. The van der Waals surface area contributed by atoms with E-state index in [1.807, 2.05) is 23.1 Å².